The molecule has 14 heavy (non-hydrogen) atoms. The monoisotopic (exact) mass is 189 g/mol. The summed E-state index contributed by atoms with van der Waals surface area (Å²) in [5.41, 5.74) is 0.778. The summed E-state index contributed by atoms with van der Waals surface area (Å²) in [4.78, 5) is 0. The van der Waals surface area contributed by atoms with Gasteiger partial charge < -0.3 is 0 Å². The van der Waals surface area contributed by atoms with Gasteiger partial charge in [0.2, 0.25) is 0 Å². The highest BCUT2D eigenvalue weighted by atomic mass is 15.4. The lowest BCUT2D eigenvalue weighted by Crippen LogP contribution is -2.19. The molecule has 0 aliphatic rings. The molecule has 0 unspecified atom stereocenters. The van der Waals surface area contributed by atoms with E-state index < -0.39 is 0 Å². The first-order valence-corrected chi connectivity index (χ1v) is 4.21. The minimum atomic E-state index is -0.231. The van der Waals surface area contributed by atoms with Crippen molar-refractivity contribution in [2.45, 2.75) is 32.7 Å². The smallest absolute Gasteiger partial charge is 0.186 e. The van der Waals surface area contributed by atoms with E-state index in [-0.39, 0.29) is 12.0 Å². The molecule has 5 heteroatoms. The second-order valence-corrected chi connectivity index (χ2v) is 3.96. The molecule has 0 spiro atoms. The number of nitrogens with zero attached hydrogens (tertiary/aromatic N) is 5. The number of rotatable bonds is 1. The minimum absolute atomic E-state index is 0.126. The van der Waals surface area contributed by atoms with E-state index in [2.05, 4.69) is 10.3 Å². The molecule has 0 amide bonds. The van der Waals surface area contributed by atoms with Gasteiger partial charge in [0.25, 0.3) is 0 Å². The summed E-state index contributed by atoms with van der Waals surface area (Å²) in [5, 5.41) is 24.9. The van der Waals surface area contributed by atoms with Gasteiger partial charge in [-0.3, -0.25) is 0 Å². The van der Waals surface area contributed by atoms with Gasteiger partial charge in [0.05, 0.1) is 11.8 Å². The Balaban J connectivity index is 3.30. The molecule has 0 radical (unpaired) electrons. The van der Waals surface area contributed by atoms with Gasteiger partial charge in [-0.15, -0.1) is 5.10 Å². The SMILES string of the molecule is CC(C)(C)c1c(C#N)nnn1CC#N. The fraction of sp³-hybridized carbons (Fsp3) is 0.556. The topological polar surface area (TPSA) is 78.3 Å². The second kappa shape index (κ2) is 3.47. The Morgan fingerprint density at radius 2 is 2.00 bits per heavy atom. The fourth-order valence-electron chi connectivity index (χ4n) is 1.31. The largest absolute Gasteiger partial charge is 0.233 e. The normalized spacial score (nSPS) is 10.6. The van der Waals surface area contributed by atoms with Crippen LogP contribution in [0.4, 0.5) is 0 Å². The van der Waals surface area contributed by atoms with Crippen molar-refractivity contribution in [3.8, 4) is 12.1 Å². The lowest BCUT2D eigenvalue weighted by atomic mass is 9.90. The van der Waals surface area contributed by atoms with Crippen molar-refractivity contribution < 1.29 is 0 Å². The van der Waals surface area contributed by atoms with Crippen LogP contribution in [-0.2, 0) is 12.0 Å². The molecular formula is C9H11N5. The van der Waals surface area contributed by atoms with Crippen molar-refractivity contribution in [2.24, 2.45) is 0 Å². The van der Waals surface area contributed by atoms with Gasteiger partial charge in [0.1, 0.15) is 12.6 Å². The van der Waals surface area contributed by atoms with Crippen molar-refractivity contribution in [2.75, 3.05) is 0 Å². The molecule has 1 heterocycles. The summed E-state index contributed by atoms with van der Waals surface area (Å²) in [6.45, 7) is 6.00. The Hall–Kier alpha value is -1.88. The Morgan fingerprint density at radius 3 is 2.43 bits per heavy atom. The highest BCUT2D eigenvalue weighted by Gasteiger charge is 2.25. The first kappa shape index (κ1) is 10.2. The number of hydrogen-bond acceptors (Lipinski definition) is 4. The van der Waals surface area contributed by atoms with E-state index in [9.17, 15) is 0 Å². The van der Waals surface area contributed by atoms with Crippen molar-refractivity contribution >= 4 is 0 Å². The molecule has 72 valence electrons. The first-order chi connectivity index (χ1) is 6.50. The maximum Gasteiger partial charge on any atom is 0.186 e. The highest BCUT2D eigenvalue weighted by molar-refractivity contribution is 5.30. The third kappa shape index (κ3) is 1.72. The van der Waals surface area contributed by atoms with E-state index in [0.29, 0.717) is 11.4 Å². The van der Waals surface area contributed by atoms with Gasteiger partial charge in [0.15, 0.2) is 5.69 Å². The van der Waals surface area contributed by atoms with E-state index in [1.54, 1.807) is 0 Å². The van der Waals surface area contributed by atoms with Crippen LogP contribution in [0.25, 0.3) is 0 Å². The average Bonchev–Trinajstić information content (AvgIpc) is 2.47. The molecule has 1 rings (SSSR count). The van der Waals surface area contributed by atoms with Gasteiger partial charge in [-0.1, -0.05) is 26.0 Å². The van der Waals surface area contributed by atoms with Crippen LogP contribution in [0.1, 0.15) is 32.2 Å². The van der Waals surface area contributed by atoms with Gasteiger partial charge in [0, 0.05) is 5.41 Å². The zero-order chi connectivity index (χ0) is 10.8. The molecule has 0 saturated carbocycles. The summed E-state index contributed by atoms with van der Waals surface area (Å²) in [6, 6.07) is 3.96. The van der Waals surface area contributed by atoms with Crippen molar-refractivity contribution in [1.29, 1.82) is 10.5 Å². The van der Waals surface area contributed by atoms with Crippen LogP contribution in [0.15, 0.2) is 0 Å². The van der Waals surface area contributed by atoms with Crippen LogP contribution in [0.2, 0.25) is 0 Å². The summed E-state index contributed by atoms with van der Waals surface area (Å²) >= 11 is 0. The third-order valence-electron chi connectivity index (χ3n) is 1.77. The maximum absolute atomic E-state index is 8.81. The van der Waals surface area contributed by atoms with Crippen LogP contribution < -0.4 is 0 Å². The molecule has 0 bridgehead atoms. The number of hydrogen-bond donors (Lipinski definition) is 0. The molecule has 0 fully saturated rings. The fourth-order valence-corrected chi connectivity index (χ4v) is 1.31. The highest BCUT2D eigenvalue weighted by Crippen LogP contribution is 2.23. The molecule has 1 aromatic heterocycles. The Bertz CT molecular complexity index is 410. The average molecular weight is 189 g/mol. The summed E-state index contributed by atoms with van der Waals surface area (Å²) in [5.74, 6) is 0. The third-order valence-corrected chi connectivity index (χ3v) is 1.77. The minimum Gasteiger partial charge on any atom is -0.233 e. The number of aromatic nitrogens is 3. The molecule has 0 N–H and O–H groups in total. The zero-order valence-electron chi connectivity index (χ0n) is 8.44. The molecule has 0 saturated heterocycles. The standard InChI is InChI=1S/C9H11N5/c1-9(2,3)8-7(6-11)12-13-14(8)5-4-10/h5H2,1-3H3. The van der Waals surface area contributed by atoms with Crippen molar-refractivity contribution in [3.05, 3.63) is 11.4 Å². The van der Waals surface area contributed by atoms with E-state index in [4.69, 9.17) is 10.5 Å². The molecule has 0 aliphatic heterocycles. The van der Waals surface area contributed by atoms with E-state index in [0.717, 1.165) is 0 Å². The van der Waals surface area contributed by atoms with Crippen LogP contribution in [-0.4, -0.2) is 15.0 Å². The summed E-state index contributed by atoms with van der Waals surface area (Å²) in [6.07, 6.45) is 0. The van der Waals surface area contributed by atoms with E-state index >= 15 is 0 Å². The number of nitriles is 2. The zero-order valence-corrected chi connectivity index (χ0v) is 8.44. The lowest BCUT2D eigenvalue weighted by molar-refractivity contribution is 0.506. The van der Waals surface area contributed by atoms with E-state index in [1.165, 1.54) is 4.68 Å². The van der Waals surface area contributed by atoms with Crippen molar-refractivity contribution in [3.63, 3.8) is 0 Å². The van der Waals surface area contributed by atoms with Crippen LogP contribution in [0.3, 0.4) is 0 Å². The molecule has 1 aromatic rings. The second-order valence-electron chi connectivity index (χ2n) is 3.96. The van der Waals surface area contributed by atoms with Gasteiger partial charge >= 0.3 is 0 Å². The molecule has 0 aromatic carbocycles. The molecule has 0 aliphatic carbocycles. The Morgan fingerprint density at radius 1 is 1.36 bits per heavy atom. The maximum atomic E-state index is 8.81. The summed E-state index contributed by atoms with van der Waals surface area (Å²) in [7, 11) is 0. The quantitative estimate of drug-likeness (QED) is 0.659. The first-order valence-electron chi connectivity index (χ1n) is 4.21. The lowest BCUT2D eigenvalue weighted by Gasteiger charge is -2.18. The predicted octanol–water partition coefficient (Wildman–Crippen LogP) is 0.971. The summed E-state index contributed by atoms with van der Waals surface area (Å²) < 4.78 is 1.47. The predicted molar refractivity (Wildman–Crippen MR) is 49.1 cm³/mol. The van der Waals surface area contributed by atoms with Gasteiger partial charge in [-0.05, 0) is 0 Å². The molecule has 5 nitrogen and oxygen atoms in total. The van der Waals surface area contributed by atoms with Crippen LogP contribution in [0.5, 0.6) is 0 Å². The van der Waals surface area contributed by atoms with Crippen molar-refractivity contribution in [1.82, 2.24) is 15.0 Å². The van der Waals surface area contributed by atoms with E-state index in [1.807, 2.05) is 32.9 Å². The molecule has 0 atom stereocenters. The van der Waals surface area contributed by atoms with Crippen LogP contribution >= 0.6 is 0 Å². The van der Waals surface area contributed by atoms with Gasteiger partial charge in [-0.2, -0.15) is 10.5 Å². The van der Waals surface area contributed by atoms with Crippen LogP contribution in [0, 0.1) is 22.7 Å². The molecular weight excluding hydrogens is 178 g/mol. The Labute approximate surface area is 82.6 Å². The van der Waals surface area contributed by atoms with Gasteiger partial charge in [-0.25, -0.2) is 4.68 Å². The Kier molecular flexibility index (Phi) is 2.53.